The Bertz CT molecular complexity index is 742. The van der Waals surface area contributed by atoms with Crippen molar-refractivity contribution in [3.8, 4) is 0 Å². The number of carbonyl (C=O) groups is 3. The highest BCUT2D eigenvalue weighted by atomic mass is 79.9. The van der Waals surface area contributed by atoms with Crippen LogP contribution in [0.1, 0.15) is 6.42 Å². The minimum absolute atomic E-state index is 0.150. The third-order valence-corrected chi connectivity index (χ3v) is 8.93. The van der Waals surface area contributed by atoms with Gasteiger partial charge in [-0.05, 0) is 36.5 Å². The number of hydrogen-bond acceptors (Lipinski definition) is 3. The molecule has 2 aliphatic carbocycles. The maximum atomic E-state index is 12.7. The first-order chi connectivity index (χ1) is 11.9. The van der Waals surface area contributed by atoms with Crippen LogP contribution in [-0.2, 0) is 14.4 Å². The van der Waals surface area contributed by atoms with Crippen molar-refractivity contribution in [2.45, 2.75) is 16.1 Å². The number of benzene rings is 1. The van der Waals surface area contributed by atoms with Crippen LogP contribution < -0.4 is 5.32 Å². The summed E-state index contributed by atoms with van der Waals surface area (Å²) in [7, 11) is 0. The monoisotopic (exact) mass is 488 g/mol. The van der Waals surface area contributed by atoms with Crippen LogP contribution in [0.2, 0.25) is 5.02 Å². The van der Waals surface area contributed by atoms with Crippen molar-refractivity contribution in [1.82, 2.24) is 4.90 Å². The fourth-order valence-corrected chi connectivity index (χ4v) is 6.54. The number of rotatable bonds is 3. The largest absolute Gasteiger partial charge is 0.324 e. The molecule has 3 amide bonds. The Balaban J connectivity index is 1.48. The van der Waals surface area contributed by atoms with E-state index in [9.17, 15) is 14.4 Å². The molecule has 0 radical (unpaired) electrons. The van der Waals surface area contributed by atoms with Gasteiger partial charge in [0, 0.05) is 20.4 Å². The number of hydrogen-bond donors (Lipinski definition) is 1. The van der Waals surface area contributed by atoms with E-state index in [0.29, 0.717) is 10.7 Å². The van der Waals surface area contributed by atoms with Crippen molar-refractivity contribution in [2.75, 3.05) is 11.9 Å². The average molecular weight is 491 g/mol. The number of imide groups is 1. The molecular weight excluding hydrogens is 475 g/mol. The maximum absolute atomic E-state index is 12.7. The highest BCUT2D eigenvalue weighted by molar-refractivity contribution is 9.12. The van der Waals surface area contributed by atoms with Crippen molar-refractivity contribution in [1.29, 1.82) is 0 Å². The Kier molecular flexibility index (Phi) is 4.45. The molecule has 1 aromatic carbocycles. The van der Waals surface area contributed by atoms with Gasteiger partial charge in [-0.15, -0.1) is 0 Å². The van der Waals surface area contributed by atoms with Crippen molar-refractivity contribution in [3.63, 3.8) is 0 Å². The summed E-state index contributed by atoms with van der Waals surface area (Å²) in [5.74, 6) is -1.12. The van der Waals surface area contributed by atoms with Crippen LogP contribution in [0.15, 0.2) is 24.3 Å². The number of alkyl halides is 2. The van der Waals surface area contributed by atoms with Gasteiger partial charge in [0.25, 0.3) is 0 Å². The Morgan fingerprint density at radius 3 is 2.32 bits per heavy atom. The normalized spacial score (nSPS) is 36.0. The van der Waals surface area contributed by atoms with Crippen LogP contribution in [0.5, 0.6) is 0 Å². The molecule has 0 unspecified atom stereocenters. The summed E-state index contributed by atoms with van der Waals surface area (Å²) in [5, 5.41) is 3.19. The third-order valence-electron chi connectivity index (χ3n) is 5.49. The van der Waals surface area contributed by atoms with E-state index >= 15 is 0 Å². The van der Waals surface area contributed by atoms with Gasteiger partial charge in [-0.3, -0.25) is 19.3 Å². The Morgan fingerprint density at radius 1 is 1.16 bits per heavy atom. The fourth-order valence-electron chi connectivity index (χ4n) is 4.48. The van der Waals surface area contributed by atoms with Gasteiger partial charge in [0.1, 0.15) is 6.54 Å². The molecule has 5 nitrogen and oxygen atoms in total. The molecule has 1 aliphatic heterocycles. The molecule has 3 aliphatic rings. The van der Waals surface area contributed by atoms with E-state index in [4.69, 9.17) is 11.6 Å². The Hall–Kier alpha value is -0.920. The maximum Gasteiger partial charge on any atom is 0.244 e. The van der Waals surface area contributed by atoms with Gasteiger partial charge in [0.15, 0.2) is 0 Å². The first-order valence-electron chi connectivity index (χ1n) is 8.07. The van der Waals surface area contributed by atoms with Crippen LogP contribution in [0.25, 0.3) is 0 Å². The zero-order valence-electron chi connectivity index (χ0n) is 13.0. The predicted molar refractivity (Wildman–Crippen MR) is 101 cm³/mol. The second-order valence-electron chi connectivity index (χ2n) is 6.82. The first-order valence-corrected chi connectivity index (χ1v) is 10.3. The molecule has 0 spiro atoms. The van der Waals surface area contributed by atoms with E-state index in [1.54, 1.807) is 24.3 Å². The molecule has 2 saturated carbocycles. The van der Waals surface area contributed by atoms with Crippen LogP contribution in [0, 0.1) is 23.7 Å². The smallest absolute Gasteiger partial charge is 0.244 e. The molecular formula is C17H15Br2ClN2O3. The quantitative estimate of drug-likeness (QED) is 0.523. The van der Waals surface area contributed by atoms with E-state index < -0.39 is 5.91 Å². The van der Waals surface area contributed by atoms with E-state index in [1.807, 2.05) is 0 Å². The zero-order valence-corrected chi connectivity index (χ0v) is 16.9. The molecule has 1 aromatic rings. The minimum atomic E-state index is -0.401. The van der Waals surface area contributed by atoms with Gasteiger partial charge in [0.05, 0.1) is 11.8 Å². The lowest BCUT2D eigenvalue weighted by Crippen LogP contribution is -2.39. The molecule has 1 saturated heterocycles. The van der Waals surface area contributed by atoms with Crippen molar-refractivity contribution >= 4 is 66.9 Å². The first kappa shape index (κ1) is 17.5. The summed E-state index contributed by atoms with van der Waals surface area (Å²) in [6.07, 6.45) is 0.876. The molecule has 1 N–H and O–H groups in total. The average Bonchev–Trinajstić information content (AvgIpc) is 3.15. The summed E-state index contributed by atoms with van der Waals surface area (Å²) in [6.45, 7) is -0.253. The standard InChI is InChI=1S/C17H15Br2ClN2O3/c18-14-9-5-10(15(14)19)13-12(9)16(24)22(17(13)25)6-11(23)21-8-3-1-2-7(20)4-8/h1-4,9-10,12-15H,5-6H2,(H,21,23)/t9-,10-,12-,13-,14-,15+/m1/s1. The highest BCUT2D eigenvalue weighted by Crippen LogP contribution is 2.60. The Labute approximate surface area is 166 Å². The molecule has 1 heterocycles. The predicted octanol–water partition coefficient (Wildman–Crippen LogP) is 3.06. The van der Waals surface area contributed by atoms with Gasteiger partial charge >= 0.3 is 0 Å². The summed E-state index contributed by atoms with van der Waals surface area (Å²) in [6, 6.07) is 6.75. The summed E-state index contributed by atoms with van der Waals surface area (Å²) < 4.78 is 0. The van der Waals surface area contributed by atoms with E-state index in [-0.39, 0.29) is 51.7 Å². The van der Waals surface area contributed by atoms with Crippen molar-refractivity contribution in [3.05, 3.63) is 29.3 Å². The highest BCUT2D eigenvalue weighted by Gasteiger charge is 2.66. The number of fused-ring (bicyclic) bond motifs is 5. The zero-order chi connectivity index (χ0) is 17.9. The molecule has 132 valence electrons. The summed E-state index contributed by atoms with van der Waals surface area (Å²) >= 11 is 13.2. The van der Waals surface area contributed by atoms with E-state index in [1.165, 1.54) is 0 Å². The van der Waals surface area contributed by atoms with Gasteiger partial charge in [-0.25, -0.2) is 0 Å². The van der Waals surface area contributed by atoms with Crippen LogP contribution >= 0.6 is 43.5 Å². The van der Waals surface area contributed by atoms with Gasteiger partial charge in [0.2, 0.25) is 17.7 Å². The number of anilines is 1. The lowest BCUT2D eigenvalue weighted by Gasteiger charge is -2.28. The van der Waals surface area contributed by atoms with E-state index in [0.717, 1.165) is 11.3 Å². The number of nitrogens with zero attached hydrogens (tertiary/aromatic N) is 1. The number of amides is 3. The van der Waals surface area contributed by atoms with Crippen LogP contribution in [0.4, 0.5) is 5.69 Å². The number of nitrogens with one attached hydrogen (secondary N) is 1. The fraction of sp³-hybridized carbons (Fsp3) is 0.471. The van der Waals surface area contributed by atoms with Gasteiger partial charge in [-0.2, -0.15) is 0 Å². The molecule has 8 heteroatoms. The van der Waals surface area contributed by atoms with E-state index in [2.05, 4.69) is 37.2 Å². The molecule has 0 aromatic heterocycles. The Morgan fingerprint density at radius 2 is 1.76 bits per heavy atom. The summed E-state index contributed by atoms with van der Waals surface area (Å²) in [5.41, 5.74) is 0.540. The van der Waals surface area contributed by atoms with Crippen molar-refractivity contribution in [2.24, 2.45) is 23.7 Å². The third kappa shape index (κ3) is 2.75. The van der Waals surface area contributed by atoms with Crippen molar-refractivity contribution < 1.29 is 14.4 Å². The van der Waals surface area contributed by atoms with Gasteiger partial charge in [-0.1, -0.05) is 49.5 Å². The molecule has 6 atom stereocenters. The lowest BCUT2D eigenvalue weighted by atomic mass is 9.81. The molecule has 4 rings (SSSR count). The number of halogens is 3. The number of carbonyl (C=O) groups excluding carboxylic acids is 3. The lowest BCUT2D eigenvalue weighted by molar-refractivity contribution is -0.143. The second-order valence-corrected chi connectivity index (χ2v) is 9.38. The topological polar surface area (TPSA) is 66.5 Å². The second kappa shape index (κ2) is 6.35. The molecule has 25 heavy (non-hydrogen) atoms. The van der Waals surface area contributed by atoms with Gasteiger partial charge < -0.3 is 5.32 Å². The summed E-state index contributed by atoms with van der Waals surface area (Å²) in [4.78, 5) is 39.3. The molecule has 3 fully saturated rings. The molecule has 2 bridgehead atoms. The SMILES string of the molecule is O=C(CN1C(=O)[C@@H]2[C@H]3C[C@@H]([C@@H](Br)[C@H]3Br)[C@H]2C1=O)Nc1cccc(Cl)c1. The van der Waals surface area contributed by atoms with Crippen LogP contribution in [0.3, 0.4) is 0 Å². The van der Waals surface area contributed by atoms with Crippen LogP contribution in [-0.4, -0.2) is 38.8 Å². The number of likely N-dealkylation sites (tertiary alicyclic amines) is 1. The minimum Gasteiger partial charge on any atom is -0.324 e.